The second-order valence-electron chi connectivity index (χ2n) is 8.28. The quantitative estimate of drug-likeness (QED) is 0.492. The Labute approximate surface area is 207 Å². The molecule has 36 heavy (non-hydrogen) atoms. The molecule has 0 saturated carbocycles. The molecule has 0 bridgehead atoms. The molecule has 2 unspecified atom stereocenters. The molecule has 2 atom stereocenters. The van der Waals surface area contributed by atoms with Gasteiger partial charge in [0.2, 0.25) is 11.8 Å². The van der Waals surface area contributed by atoms with E-state index >= 15 is 0 Å². The SMILES string of the molecule is COc1ccc(N2C(=O)CCC(C(=O)Nc3ccc(F)cc3F)C2c2ccc(OC)c(OC)c2)cc1. The maximum absolute atomic E-state index is 14.3. The number of nitrogens with zero attached hydrogens (tertiary/aromatic N) is 1. The van der Waals surface area contributed by atoms with Crippen molar-refractivity contribution < 1.29 is 32.6 Å². The molecule has 2 amide bonds. The van der Waals surface area contributed by atoms with Gasteiger partial charge in [0.25, 0.3) is 0 Å². The summed E-state index contributed by atoms with van der Waals surface area (Å²) in [5.41, 5.74) is 1.07. The van der Waals surface area contributed by atoms with E-state index in [0.717, 1.165) is 6.07 Å². The van der Waals surface area contributed by atoms with Gasteiger partial charge >= 0.3 is 0 Å². The summed E-state index contributed by atoms with van der Waals surface area (Å²) in [5, 5.41) is 2.57. The first kappa shape index (κ1) is 25.0. The molecule has 0 aromatic heterocycles. The molecule has 0 radical (unpaired) electrons. The zero-order valence-corrected chi connectivity index (χ0v) is 20.1. The highest BCUT2D eigenvalue weighted by Crippen LogP contribution is 2.43. The Morgan fingerprint density at radius 1 is 0.917 bits per heavy atom. The van der Waals surface area contributed by atoms with Crippen molar-refractivity contribution in [3.63, 3.8) is 0 Å². The monoisotopic (exact) mass is 496 g/mol. The van der Waals surface area contributed by atoms with Crippen LogP contribution in [0.25, 0.3) is 0 Å². The highest BCUT2D eigenvalue weighted by molar-refractivity contribution is 6.00. The van der Waals surface area contributed by atoms with Crippen molar-refractivity contribution in [1.82, 2.24) is 0 Å². The zero-order valence-electron chi connectivity index (χ0n) is 20.1. The molecule has 7 nitrogen and oxygen atoms in total. The zero-order chi connectivity index (χ0) is 25.8. The predicted molar refractivity (Wildman–Crippen MR) is 130 cm³/mol. The van der Waals surface area contributed by atoms with E-state index in [0.29, 0.717) is 34.6 Å². The number of nitrogens with one attached hydrogen (secondary N) is 1. The number of hydrogen-bond donors (Lipinski definition) is 1. The van der Waals surface area contributed by atoms with E-state index < -0.39 is 29.5 Å². The number of ether oxygens (including phenoxy) is 3. The molecule has 1 aliphatic heterocycles. The molecule has 1 heterocycles. The number of hydrogen-bond acceptors (Lipinski definition) is 5. The van der Waals surface area contributed by atoms with Gasteiger partial charge in [0.05, 0.1) is 39.0 Å². The molecule has 1 saturated heterocycles. The third-order valence-corrected chi connectivity index (χ3v) is 6.22. The van der Waals surface area contributed by atoms with Crippen molar-refractivity contribution in [1.29, 1.82) is 0 Å². The van der Waals surface area contributed by atoms with Gasteiger partial charge in [0.15, 0.2) is 11.5 Å². The second-order valence-corrected chi connectivity index (χ2v) is 8.28. The van der Waals surface area contributed by atoms with Crippen molar-refractivity contribution >= 4 is 23.2 Å². The highest BCUT2D eigenvalue weighted by Gasteiger charge is 2.42. The average Bonchev–Trinajstić information content (AvgIpc) is 2.89. The van der Waals surface area contributed by atoms with Gasteiger partial charge in [-0.25, -0.2) is 8.78 Å². The average molecular weight is 497 g/mol. The van der Waals surface area contributed by atoms with Gasteiger partial charge in [-0.3, -0.25) is 9.59 Å². The standard InChI is InChI=1S/C27H26F2N2O5/c1-34-19-8-6-18(7-9-19)31-25(32)13-10-20(27(33)30-22-11-5-17(28)15-21(22)29)26(31)16-4-12-23(35-2)24(14-16)36-3/h4-9,11-12,14-15,20,26H,10,13H2,1-3H3,(H,30,33). The molecule has 1 fully saturated rings. The minimum atomic E-state index is -0.884. The van der Waals surface area contributed by atoms with Gasteiger partial charge in [-0.15, -0.1) is 0 Å². The molecule has 1 N–H and O–H groups in total. The molecular formula is C27H26F2N2O5. The van der Waals surface area contributed by atoms with Crippen molar-refractivity contribution in [3.8, 4) is 17.2 Å². The lowest BCUT2D eigenvalue weighted by atomic mass is 9.83. The van der Waals surface area contributed by atoms with Crippen molar-refractivity contribution in [2.24, 2.45) is 5.92 Å². The summed E-state index contributed by atoms with van der Waals surface area (Å²) in [6.07, 6.45) is 0.346. The van der Waals surface area contributed by atoms with Gasteiger partial charge in [0.1, 0.15) is 17.4 Å². The number of halogens is 2. The van der Waals surface area contributed by atoms with E-state index in [-0.39, 0.29) is 24.4 Å². The molecule has 188 valence electrons. The molecule has 0 aliphatic carbocycles. The van der Waals surface area contributed by atoms with Gasteiger partial charge in [-0.1, -0.05) is 6.07 Å². The Bertz CT molecular complexity index is 1270. The lowest BCUT2D eigenvalue weighted by Crippen LogP contribution is -2.47. The van der Waals surface area contributed by atoms with Crippen LogP contribution in [0.1, 0.15) is 24.4 Å². The van der Waals surface area contributed by atoms with Crippen LogP contribution in [0.3, 0.4) is 0 Å². The molecule has 0 spiro atoms. The van der Waals surface area contributed by atoms with Crippen molar-refractivity contribution in [3.05, 3.63) is 77.9 Å². The second kappa shape index (κ2) is 10.6. The minimum absolute atomic E-state index is 0.111. The summed E-state index contributed by atoms with van der Waals surface area (Å²) in [5.74, 6) is -1.49. The van der Waals surface area contributed by atoms with E-state index in [2.05, 4.69) is 5.32 Å². The molecule has 9 heteroatoms. The van der Waals surface area contributed by atoms with Crippen LogP contribution in [0.4, 0.5) is 20.2 Å². The van der Waals surface area contributed by atoms with Gasteiger partial charge in [0, 0.05) is 18.2 Å². The fourth-order valence-electron chi connectivity index (χ4n) is 4.45. The summed E-state index contributed by atoms with van der Waals surface area (Å²) in [4.78, 5) is 28.3. The summed E-state index contributed by atoms with van der Waals surface area (Å²) in [6.45, 7) is 0. The smallest absolute Gasteiger partial charge is 0.230 e. The third-order valence-electron chi connectivity index (χ3n) is 6.22. The molecule has 3 aromatic rings. The number of piperidine rings is 1. The van der Waals surface area contributed by atoms with Crippen molar-refractivity contribution in [2.75, 3.05) is 31.5 Å². The lowest BCUT2D eigenvalue weighted by Gasteiger charge is -2.41. The van der Waals surface area contributed by atoms with Crippen LogP contribution in [-0.2, 0) is 9.59 Å². The van der Waals surface area contributed by atoms with Gasteiger partial charge in [-0.2, -0.15) is 0 Å². The summed E-state index contributed by atoms with van der Waals surface area (Å²) < 4.78 is 43.7. The van der Waals surface area contributed by atoms with E-state index in [1.54, 1.807) is 54.5 Å². The molecule has 3 aromatic carbocycles. The van der Waals surface area contributed by atoms with Gasteiger partial charge in [-0.05, 0) is 60.5 Å². The fraction of sp³-hybridized carbons (Fsp3) is 0.259. The number of carbonyl (C=O) groups is 2. The molecule has 4 rings (SSSR count). The van der Waals surface area contributed by atoms with E-state index in [1.165, 1.54) is 20.3 Å². The number of rotatable bonds is 7. The van der Waals surface area contributed by atoms with Crippen LogP contribution < -0.4 is 24.4 Å². The van der Waals surface area contributed by atoms with E-state index in [1.807, 2.05) is 0 Å². The first-order chi connectivity index (χ1) is 17.4. The number of carbonyl (C=O) groups excluding carboxylic acids is 2. The van der Waals surface area contributed by atoms with Crippen LogP contribution >= 0.6 is 0 Å². The summed E-state index contributed by atoms with van der Waals surface area (Å²) >= 11 is 0. The topological polar surface area (TPSA) is 77.1 Å². The lowest BCUT2D eigenvalue weighted by molar-refractivity contribution is -0.126. The van der Waals surface area contributed by atoms with Crippen LogP contribution in [0, 0.1) is 17.6 Å². The summed E-state index contributed by atoms with van der Waals surface area (Å²) in [7, 11) is 4.55. The molecular weight excluding hydrogens is 470 g/mol. The van der Waals surface area contributed by atoms with E-state index in [4.69, 9.17) is 14.2 Å². The largest absolute Gasteiger partial charge is 0.497 e. The minimum Gasteiger partial charge on any atom is -0.497 e. The highest BCUT2D eigenvalue weighted by atomic mass is 19.1. The Kier molecular flexibility index (Phi) is 7.38. The van der Waals surface area contributed by atoms with E-state index in [9.17, 15) is 18.4 Å². The number of benzene rings is 3. The summed E-state index contributed by atoms with van der Waals surface area (Å²) in [6, 6.07) is 14.3. The van der Waals surface area contributed by atoms with Crippen LogP contribution in [0.5, 0.6) is 17.2 Å². The van der Waals surface area contributed by atoms with Gasteiger partial charge < -0.3 is 24.4 Å². The molecule has 1 aliphatic rings. The maximum atomic E-state index is 14.3. The van der Waals surface area contributed by atoms with Crippen molar-refractivity contribution in [2.45, 2.75) is 18.9 Å². The third kappa shape index (κ3) is 4.95. The Hall–Kier alpha value is -4.14. The predicted octanol–water partition coefficient (Wildman–Crippen LogP) is 5.11. The van der Waals surface area contributed by atoms with Crippen LogP contribution in [0.15, 0.2) is 60.7 Å². The Morgan fingerprint density at radius 3 is 2.28 bits per heavy atom. The maximum Gasteiger partial charge on any atom is 0.230 e. The first-order valence-corrected chi connectivity index (χ1v) is 11.3. The van der Waals surface area contributed by atoms with Crippen LogP contribution in [-0.4, -0.2) is 33.1 Å². The number of methoxy groups -OCH3 is 3. The number of anilines is 2. The fourth-order valence-corrected chi connectivity index (χ4v) is 4.45. The van der Waals surface area contributed by atoms with Crippen LogP contribution in [0.2, 0.25) is 0 Å². The first-order valence-electron chi connectivity index (χ1n) is 11.3. The Morgan fingerprint density at radius 2 is 1.64 bits per heavy atom. The Balaban J connectivity index is 1.78. The number of amides is 2. The normalized spacial score (nSPS) is 17.5.